The van der Waals surface area contributed by atoms with Gasteiger partial charge in [0.2, 0.25) is 0 Å². The van der Waals surface area contributed by atoms with Crippen LogP contribution in [-0.4, -0.2) is 10.9 Å². The summed E-state index contributed by atoms with van der Waals surface area (Å²) in [6, 6.07) is 15.5. The van der Waals surface area contributed by atoms with E-state index in [1.165, 1.54) is 17.7 Å². The molecule has 0 fully saturated rings. The first-order valence-corrected chi connectivity index (χ1v) is 9.73. The van der Waals surface area contributed by atoms with Crippen LogP contribution >= 0.6 is 11.6 Å². The van der Waals surface area contributed by atoms with Crippen LogP contribution in [0, 0.1) is 5.82 Å². The fraction of sp³-hybridized carbons (Fsp3) is 0.217. The van der Waals surface area contributed by atoms with Crippen LogP contribution in [0.1, 0.15) is 48.5 Å². The van der Waals surface area contributed by atoms with Gasteiger partial charge in [-0.3, -0.25) is 9.78 Å². The third-order valence-electron chi connectivity index (χ3n) is 4.87. The van der Waals surface area contributed by atoms with Crippen LogP contribution in [0.2, 0.25) is 5.02 Å². The molecular formula is C23H22ClFN2O. The second-order valence-electron chi connectivity index (χ2n) is 6.62. The van der Waals surface area contributed by atoms with Crippen LogP contribution in [0.25, 0.3) is 11.3 Å². The first-order chi connectivity index (χ1) is 13.5. The van der Waals surface area contributed by atoms with E-state index in [4.69, 9.17) is 11.6 Å². The highest BCUT2D eigenvalue weighted by Crippen LogP contribution is 2.27. The maximum Gasteiger partial charge on any atom is 0.258 e. The number of anilines is 1. The molecule has 1 amide bonds. The van der Waals surface area contributed by atoms with E-state index in [0.717, 1.165) is 12.8 Å². The summed E-state index contributed by atoms with van der Waals surface area (Å²) in [7, 11) is 0. The standard InChI is InChI=1S/C23H22ClFN2O/c1-3-15(4-2)16-7-10-18(11-8-16)27-23(28)19-12-9-17(14-21(19)25)22-20(24)6-5-13-26-22/h5-15H,3-4H2,1-2H3,(H,27,28). The van der Waals surface area contributed by atoms with Gasteiger partial charge in [-0.2, -0.15) is 0 Å². The Morgan fingerprint density at radius 2 is 1.82 bits per heavy atom. The van der Waals surface area contributed by atoms with Crippen molar-refractivity contribution in [1.29, 1.82) is 0 Å². The molecule has 3 nitrogen and oxygen atoms in total. The minimum absolute atomic E-state index is 0.0279. The number of halogens is 2. The fourth-order valence-electron chi connectivity index (χ4n) is 3.24. The van der Waals surface area contributed by atoms with Crippen molar-refractivity contribution in [1.82, 2.24) is 4.98 Å². The lowest BCUT2D eigenvalue weighted by atomic mass is 9.94. The third kappa shape index (κ3) is 4.39. The first-order valence-electron chi connectivity index (χ1n) is 9.35. The van der Waals surface area contributed by atoms with Crippen LogP contribution in [0.3, 0.4) is 0 Å². The maximum atomic E-state index is 14.6. The normalized spacial score (nSPS) is 10.9. The number of nitrogens with zero attached hydrogens (tertiary/aromatic N) is 1. The molecule has 0 aliphatic carbocycles. The molecule has 0 radical (unpaired) electrons. The predicted octanol–water partition coefficient (Wildman–Crippen LogP) is 6.70. The molecule has 0 unspecified atom stereocenters. The molecule has 2 aromatic carbocycles. The van der Waals surface area contributed by atoms with Crippen molar-refractivity contribution in [3.8, 4) is 11.3 Å². The Balaban J connectivity index is 1.77. The van der Waals surface area contributed by atoms with Crippen LogP contribution in [0.5, 0.6) is 0 Å². The highest BCUT2D eigenvalue weighted by Gasteiger charge is 2.15. The molecular weight excluding hydrogens is 375 g/mol. The van der Waals surface area contributed by atoms with Gasteiger partial charge in [-0.25, -0.2) is 4.39 Å². The average Bonchev–Trinajstić information content (AvgIpc) is 2.70. The number of pyridine rings is 1. The van der Waals surface area contributed by atoms with Crippen LogP contribution in [0.4, 0.5) is 10.1 Å². The molecule has 5 heteroatoms. The molecule has 0 aliphatic heterocycles. The number of carbonyl (C=O) groups is 1. The Hall–Kier alpha value is -2.72. The minimum atomic E-state index is -0.620. The third-order valence-corrected chi connectivity index (χ3v) is 5.18. The van der Waals surface area contributed by atoms with Gasteiger partial charge in [0.1, 0.15) is 5.82 Å². The highest BCUT2D eigenvalue weighted by atomic mass is 35.5. The summed E-state index contributed by atoms with van der Waals surface area (Å²) in [5.74, 6) is -0.606. The maximum absolute atomic E-state index is 14.6. The number of nitrogens with one attached hydrogen (secondary N) is 1. The summed E-state index contributed by atoms with van der Waals surface area (Å²) in [5.41, 5.74) is 2.85. The van der Waals surface area contributed by atoms with E-state index in [9.17, 15) is 9.18 Å². The van der Waals surface area contributed by atoms with Gasteiger partial charge in [0.25, 0.3) is 5.91 Å². The summed E-state index contributed by atoms with van der Waals surface area (Å²) in [6.07, 6.45) is 3.73. The number of carbonyl (C=O) groups excluding carboxylic acids is 1. The number of amides is 1. The molecule has 0 saturated heterocycles. The van der Waals surface area contributed by atoms with E-state index in [-0.39, 0.29) is 5.56 Å². The summed E-state index contributed by atoms with van der Waals surface area (Å²) < 4.78 is 14.6. The summed E-state index contributed by atoms with van der Waals surface area (Å²) >= 11 is 6.11. The Morgan fingerprint density at radius 3 is 2.43 bits per heavy atom. The molecule has 1 heterocycles. The van der Waals surface area contributed by atoms with Crippen molar-refractivity contribution >= 4 is 23.2 Å². The molecule has 0 atom stereocenters. The SMILES string of the molecule is CCC(CC)c1ccc(NC(=O)c2ccc(-c3ncccc3Cl)cc2F)cc1. The molecule has 1 N–H and O–H groups in total. The molecule has 1 aromatic heterocycles. The van der Waals surface area contributed by atoms with Crippen LogP contribution in [-0.2, 0) is 0 Å². The Morgan fingerprint density at radius 1 is 1.11 bits per heavy atom. The first kappa shape index (κ1) is 20.0. The molecule has 0 bridgehead atoms. The zero-order valence-electron chi connectivity index (χ0n) is 15.9. The van der Waals surface area contributed by atoms with Crippen molar-refractivity contribution in [3.63, 3.8) is 0 Å². The lowest BCUT2D eigenvalue weighted by molar-refractivity contribution is 0.102. The molecule has 3 aromatic rings. The van der Waals surface area contributed by atoms with Gasteiger partial charge in [0.05, 0.1) is 16.3 Å². The summed E-state index contributed by atoms with van der Waals surface area (Å²) in [5, 5.41) is 3.18. The Labute approximate surface area is 169 Å². The number of hydrogen-bond acceptors (Lipinski definition) is 2. The Bertz CT molecular complexity index is 969. The second-order valence-corrected chi connectivity index (χ2v) is 7.03. The molecule has 3 rings (SSSR count). The molecule has 0 saturated carbocycles. The summed E-state index contributed by atoms with van der Waals surface area (Å²) in [6.45, 7) is 4.32. The van der Waals surface area contributed by atoms with E-state index in [1.54, 1.807) is 24.4 Å². The van der Waals surface area contributed by atoms with E-state index < -0.39 is 11.7 Å². The number of aromatic nitrogens is 1. The van der Waals surface area contributed by atoms with Gasteiger partial charge < -0.3 is 5.32 Å². The van der Waals surface area contributed by atoms with E-state index in [0.29, 0.717) is 27.9 Å². The zero-order valence-corrected chi connectivity index (χ0v) is 16.6. The van der Waals surface area contributed by atoms with Gasteiger partial charge in [-0.05, 0) is 60.7 Å². The van der Waals surface area contributed by atoms with Gasteiger partial charge in [-0.1, -0.05) is 43.6 Å². The average molecular weight is 397 g/mol. The topological polar surface area (TPSA) is 42.0 Å². The minimum Gasteiger partial charge on any atom is -0.322 e. The molecule has 28 heavy (non-hydrogen) atoms. The van der Waals surface area contributed by atoms with Crippen molar-refractivity contribution in [2.45, 2.75) is 32.6 Å². The molecule has 0 aliphatic rings. The largest absolute Gasteiger partial charge is 0.322 e. The van der Waals surface area contributed by atoms with Crippen LogP contribution in [0.15, 0.2) is 60.8 Å². The fourth-order valence-corrected chi connectivity index (χ4v) is 3.47. The molecule has 144 valence electrons. The van der Waals surface area contributed by atoms with Crippen molar-refractivity contribution in [2.24, 2.45) is 0 Å². The number of rotatable bonds is 6. The van der Waals surface area contributed by atoms with Crippen molar-refractivity contribution < 1.29 is 9.18 Å². The Kier molecular flexibility index (Phi) is 6.42. The van der Waals surface area contributed by atoms with E-state index in [2.05, 4.69) is 24.1 Å². The molecule has 0 spiro atoms. The number of benzene rings is 2. The van der Waals surface area contributed by atoms with Crippen molar-refractivity contribution in [3.05, 3.63) is 82.8 Å². The smallest absolute Gasteiger partial charge is 0.258 e. The van der Waals surface area contributed by atoms with E-state index >= 15 is 0 Å². The lowest BCUT2D eigenvalue weighted by Gasteiger charge is -2.13. The quantitative estimate of drug-likeness (QED) is 0.503. The van der Waals surface area contributed by atoms with Crippen molar-refractivity contribution in [2.75, 3.05) is 5.32 Å². The van der Waals surface area contributed by atoms with E-state index in [1.807, 2.05) is 24.3 Å². The van der Waals surface area contributed by atoms with Gasteiger partial charge in [0.15, 0.2) is 0 Å². The predicted molar refractivity (Wildman–Crippen MR) is 112 cm³/mol. The van der Waals surface area contributed by atoms with Crippen LogP contribution < -0.4 is 5.32 Å². The van der Waals surface area contributed by atoms with Gasteiger partial charge in [-0.15, -0.1) is 0 Å². The monoisotopic (exact) mass is 396 g/mol. The second kappa shape index (κ2) is 8.98. The van der Waals surface area contributed by atoms with Gasteiger partial charge in [0, 0.05) is 17.4 Å². The highest BCUT2D eigenvalue weighted by molar-refractivity contribution is 6.33. The summed E-state index contributed by atoms with van der Waals surface area (Å²) in [4.78, 5) is 16.7. The van der Waals surface area contributed by atoms with Gasteiger partial charge >= 0.3 is 0 Å². The lowest BCUT2D eigenvalue weighted by Crippen LogP contribution is -2.14. The zero-order chi connectivity index (χ0) is 20.1. The number of hydrogen-bond donors (Lipinski definition) is 1.